The second-order valence-electron chi connectivity index (χ2n) is 8.57. The van der Waals surface area contributed by atoms with Crippen molar-refractivity contribution in [3.8, 4) is 11.3 Å². The highest BCUT2D eigenvalue weighted by molar-refractivity contribution is 8.04. The topological polar surface area (TPSA) is 156 Å². The van der Waals surface area contributed by atoms with Gasteiger partial charge in [0.25, 0.3) is 5.91 Å². The summed E-state index contributed by atoms with van der Waals surface area (Å²) in [5.74, 6) is -1.52. The number of carbonyl (C=O) groups is 3. The molecule has 3 unspecified atom stereocenters. The van der Waals surface area contributed by atoms with Crippen LogP contribution in [0.2, 0.25) is 5.02 Å². The standard InChI is InChI=1S/C21H20ClN7O5S2/c1-9-12(13(25-34-9)10-6-4-5-7-11(10)22)16(30)23-14-17(31)29-15(19(32)33)21(2,36-18(14)29)8-35-20-24-26-27-28(20)3/h4-7,14-15,18H,8H2,1-3H3,(H,23,30)(H,32,33)/t14?,15?,18-,21?/m0/s1. The fraction of sp³-hybridized carbons (Fsp3) is 0.381. The number of aromatic nitrogens is 5. The summed E-state index contributed by atoms with van der Waals surface area (Å²) in [5.41, 5.74) is 0.951. The molecule has 2 saturated heterocycles. The Bertz CT molecular complexity index is 1380. The molecule has 0 radical (unpaired) electrons. The number of tetrazole rings is 1. The van der Waals surface area contributed by atoms with Gasteiger partial charge in [-0.25, -0.2) is 9.48 Å². The van der Waals surface area contributed by atoms with E-state index < -0.39 is 40.0 Å². The summed E-state index contributed by atoms with van der Waals surface area (Å²) in [7, 11) is 1.69. The largest absolute Gasteiger partial charge is 0.480 e. The summed E-state index contributed by atoms with van der Waals surface area (Å²) >= 11 is 8.93. The van der Waals surface area contributed by atoms with E-state index in [-0.39, 0.29) is 17.0 Å². The highest BCUT2D eigenvalue weighted by Gasteiger charge is 2.65. The number of β-lactam (4-membered cyclic amide) rings is 1. The molecule has 4 heterocycles. The Kier molecular flexibility index (Phi) is 6.21. The van der Waals surface area contributed by atoms with Gasteiger partial charge in [-0.1, -0.05) is 46.7 Å². The summed E-state index contributed by atoms with van der Waals surface area (Å²) in [6.45, 7) is 3.38. The van der Waals surface area contributed by atoms with Gasteiger partial charge in [0.05, 0.1) is 9.77 Å². The molecule has 2 aromatic heterocycles. The number of nitrogens with zero attached hydrogens (tertiary/aromatic N) is 6. The third-order valence-corrected chi connectivity index (χ3v) is 9.64. The Balaban J connectivity index is 1.37. The van der Waals surface area contributed by atoms with Crippen molar-refractivity contribution >= 4 is 52.9 Å². The maximum Gasteiger partial charge on any atom is 0.327 e. The van der Waals surface area contributed by atoms with E-state index in [2.05, 4.69) is 26.0 Å². The molecule has 5 rings (SSSR count). The number of rotatable bonds is 7. The van der Waals surface area contributed by atoms with Gasteiger partial charge in [0, 0.05) is 18.4 Å². The Labute approximate surface area is 218 Å². The monoisotopic (exact) mass is 549 g/mol. The van der Waals surface area contributed by atoms with Crippen LogP contribution in [0.4, 0.5) is 0 Å². The first kappa shape index (κ1) is 24.6. The molecule has 188 valence electrons. The van der Waals surface area contributed by atoms with Crippen molar-refractivity contribution < 1.29 is 24.0 Å². The Morgan fingerprint density at radius 2 is 2.11 bits per heavy atom. The molecule has 1 aromatic carbocycles. The SMILES string of the molecule is Cc1onc(-c2ccccc2Cl)c1C(=O)NC1C(=O)N2C(C(=O)O)C(C)(CSc3nnnn3C)S[C@@H]12. The van der Waals surface area contributed by atoms with Crippen LogP contribution in [-0.2, 0) is 16.6 Å². The number of carbonyl (C=O) groups excluding carboxylic acids is 2. The third kappa shape index (κ3) is 3.92. The van der Waals surface area contributed by atoms with E-state index in [9.17, 15) is 19.5 Å². The Morgan fingerprint density at radius 1 is 1.36 bits per heavy atom. The van der Waals surface area contributed by atoms with Gasteiger partial charge in [-0.3, -0.25) is 9.59 Å². The molecule has 2 aliphatic rings. The summed E-state index contributed by atoms with van der Waals surface area (Å²) in [4.78, 5) is 39.9. The lowest BCUT2D eigenvalue weighted by Gasteiger charge is -2.43. The van der Waals surface area contributed by atoms with Gasteiger partial charge >= 0.3 is 5.97 Å². The lowest BCUT2D eigenvalue weighted by atomic mass is 9.95. The summed E-state index contributed by atoms with van der Waals surface area (Å²) < 4.78 is 5.90. The highest BCUT2D eigenvalue weighted by Crippen LogP contribution is 2.52. The number of hydrogen-bond acceptors (Lipinski definition) is 10. The second kappa shape index (κ2) is 9.09. The van der Waals surface area contributed by atoms with Crippen LogP contribution in [-0.4, -0.2) is 81.1 Å². The summed E-state index contributed by atoms with van der Waals surface area (Å²) in [6, 6.07) is 4.93. The highest BCUT2D eigenvalue weighted by atomic mass is 35.5. The lowest BCUT2D eigenvalue weighted by molar-refractivity contribution is -0.159. The van der Waals surface area contributed by atoms with E-state index in [1.54, 1.807) is 45.2 Å². The zero-order valence-electron chi connectivity index (χ0n) is 19.2. The number of aliphatic carboxylic acids is 1. The van der Waals surface area contributed by atoms with Crippen molar-refractivity contribution in [1.82, 2.24) is 35.6 Å². The minimum absolute atomic E-state index is 0.167. The van der Waals surface area contributed by atoms with E-state index >= 15 is 0 Å². The summed E-state index contributed by atoms with van der Waals surface area (Å²) in [6.07, 6.45) is 0. The molecule has 36 heavy (non-hydrogen) atoms. The number of carboxylic acids is 1. The van der Waals surface area contributed by atoms with Crippen LogP contribution >= 0.6 is 35.1 Å². The number of nitrogens with one attached hydrogen (secondary N) is 1. The van der Waals surface area contributed by atoms with Crippen LogP contribution in [0.1, 0.15) is 23.0 Å². The van der Waals surface area contributed by atoms with Crippen LogP contribution in [0.5, 0.6) is 0 Å². The molecule has 15 heteroatoms. The number of hydrogen-bond donors (Lipinski definition) is 2. The number of benzene rings is 1. The molecule has 3 aromatic rings. The smallest absolute Gasteiger partial charge is 0.327 e. The van der Waals surface area contributed by atoms with Crippen molar-refractivity contribution in [2.45, 2.75) is 41.2 Å². The number of thioether (sulfide) groups is 2. The average molecular weight is 550 g/mol. The predicted molar refractivity (Wildman–Crippen MR) is 131 cm³/mol. The van der Waals surface area contributed by atoms with E-state index in [1.807, 2.05) is 0 Å². The molecular weight excluding hydrogens is 530 g/mol. The third-order valence-electron chi connectivity index (χ3n) is 6.13. The summed E-state index contributed by atoms with van der Waals surface area (Å²) in [5, 5.41) is 28.4. The van der Waals surface area contributed by atoms with E-state index in [0.29, 0.717) is 21.5 Å². The van der Waals surface area contributed by atoms with Gasteiger partial charge in [0.2, 0.25) is 11.1 Å². The van der Waals surface area contributed by atoms with Gasteiger partial charge in [0.1, 0.15) is 34.5 Å². The lowest BCUT2D eigenvalue weighted by Crippen LogP contribution is -2.70. The normalized spacial score (nSPS) is 24.9. The molecule has 0 saturated carbocycles. The van der Waals surface area contributed by atoms with Gasteiger partial charge in [-0.15, -0.1) is 16.9 Å². The number of aryl methyl sites for hydroxylation is 2. The van der Waals surface area contributed by atoms with Crippen molar-refractivity contribution in [2.75, 3.05) is 5.75 Å². The molecule has 0 spiro atoms. The molecule has 4 atom stereocenters. The van der Waals surface area contributed by atoms with Gasteiger partial charge in [-0.2, -0.15) is 0 Å². The number of halogens is 1. The van der Waals surface area contributed by atoms with E-state index in [1.165, 1.54) is 33.1 Å². The fourth-order valence-corrected chi connectivity index (χ4v) is 7.51. The van der Waals surface area contributed by atoms with Crippen LogP contribution < -0.4 is 5.32 Å². The van der Waals surface area contributed by atoms with Gasteiger partial charge < -0.3 is 19.8 Å². The number of amides is 2. The zero-order chi connectivity index (χ0) is 25.8. The van der Waals surface area contributed by atoms with Crippen molar-refractivity contribution in [3.63, 3.8) is 0 Å². The zero-order valence-corrected chi connectivity index (χ0v) is 21.6. The van der Waals surface area contributed by atoms with E-state index in [4.69, 9.17) is 16.1 Å². The van der Waals surface area contributed by atoms with Gasteiger partial charge in [-0.05, 0) is 30.3 Å². The first-order chi connectivity index (χ1) is 17.1. The minimum Gasteiger partial charge on any atom is -0.480 e. The number of carboxylic acid groups (broad SMARTS) is 1. The Hall–Kier alpha value is -3.10. The second-order valence-corrected chi connectivity index (χ2v) is 11.6. The quantitative estimate of drug-likeness (QED) is 0.327. The molecular formula is C21H20ClN7O5S2. The Morgan fingerprint density at radius 3 is 2.78 bits per heavy atom. The van der Waals surface area contributed by atoms with Crippen LogP contribution in [0.3, 0.4) is 0 Å². The molecule has 12 nitrogen and oxygen atoms in total. The average Bonchev–Trinajstić information content (AvgIpc) is 3.50. The first-order valence-corrected chi connectivity index (χ1v) is 13.0. The molecule has 2 N–H and O–H groups in total. The van der Waals surface area contributed by atoms with Crippen molar-refractivity contribution in [3.05, 3.63) is 40.6 Å². The predicted octanol–water partition coefficient (Wildman–Crippen LogP) is 1.84. The molecule has 0 bridgehead atoms. The van der Waals surface area contributed by atoms with Gasteiger partial charge in [0.15, 0.2) is 0 Å². The maximum absolute atomic E-state index is 13.3. The number of fused-ring (bicyclic) bond motifs is 1. The molecule has 0 aliphatic carbocycles. The first-order valence-electron chi connectivity index (χ1n) is 10.7. The van der Waals surface area contributed by atoms with Crippen molar-refractivity contribution in [2.24, 2.45) is 7.05 Å². The maximum atomic E-state index is 13.3. The van der Waals surface area contributed by atoms with Crippen LogP contribution in [0.25, 0.3) is 11.3 Å². The van der Waals surface area contributed by atoms with Crippen molar-refractivity contribution in [1.29, 1.82) is 0 Å². The fourth-order valence-electron chi connectivity index (χ4n) is 4.39. The van der Waals surface area contributed by atoms with Crippen LogP contribution in [0.15, 0.2) is 33.9 Å². The molecule has 2 aliphatic heterocycles. The minimum atomic E-state index is -1.11. The molecule has 2 amide bonds. The molecule has 2 fully saturated rings. The van der Waals surface area contributed by atoms with E-state index in [0.717, 1.165) is 0 Å². The van der Waals surface area contributed by atoms with Crippen LogP contribution in [0, 0.1) is 6.92 Å².